The van der Waals surface area contributed by atoms with E-state index in [1.54, 1.807) is 7.11 Å². The van der Waals surface area contributed by atoms with Crippen LogP contribution in [0.3, 0.4) is 0 Å². The van der Waals surface area contributed by atoms with Crippen LogP contribution in [0.2, 0.25) is 0 Å². The number of methoxy groups -OCH3 is 1. The largest absolute Gasteiger partial charge is 0.481 e. The van der Waals surface area contributed by atoms with Crippen molar-refractivity contribution in [3.63, 3.8) is 0 Å². The van der Waals surface area contributed by atoms with E-state index in [2.05, 4.69) is 5.32 Å². The summed E-state index contributed by atoms with van der Waals surface area (Å²) in [5.74, 6) is -0.546. The number of nitrogens with one attached hydrogen (secondary N) is 1. The molecule has 0 aromatic carbocycles. The second kappa shape index (κ2) is 6.86. The number of ether oxygens (including phenoxy) is 1. The second-order valence-electron chi connectivity index (χ2n) is 3.19. The van der Waals surface area contributed by atoms with E-state index in [9.17, 15) is 4.79 Å². The summed E-state index contributed by atoms with van der Waals surface area (Å²) in [6.07, 6.45) is 0.151. The Morgan fingerprint density at radius 3 is 2.62 bits per heavy atom. The fourth-order valence-corrected chi connectivity index (χ4v) is 1.30. The van der Waals surface area contributed by atoms with E-state index >= 15 is 0 Å². The van der Waals surface area contributed by atoms with Crippen LogP contribution in [0.15, 0.2) is 0 Å². The minimum absolute atomic E-state index is 0.00227. The minimum Gasteiger partial charge on any atom is -0.481 e. The number of carboxylic acids is 1. The van der Waals surface area contributed by atoms with E-state index in [-0.39, 0.29) is 18.4 Å². The molecule has 0 spiro atoms. The van der Waals surface area contributed by atoms with Crippen LogP contribution in [-0.4, -0.2) is 37.4 Å². The van der Waals surface area contributed by atoms with Gasteiger partial charge in [0.25, 0.3) is 0 Å². The first-order valence-corrected chi connectivity index (χ1v) is 4.55. The molecule has 0 saturated carbocycles. The highest BCUT2D eigenvalue weighted by atomic mass is 16.5. The topological polar surface area (TPSA) is 58.6 Å². The Kier molecular flexibility index (Phi) is 6.54. The van der Waals surface area contributed by atoms with Gasteiger partial charge in [0.2, 0.25) is 0 Å². The van der Waals surface area contributed by atoms with Gasteiger partial charge in [0.1, 0.15) is 0 Å². The van der Waals surface area contributed by atoms with Gasteiger partial charge in [-0.1, -0.05) is 13.8 Å². The van der Waals surface area contributed by atoms with E-state index in [4.69, 9.17) is 9.84 Å². The van der Waals surface area contributed by atoms with Crippen molar-refractivity contribution in [2.75, 3.05) is 20.3 Å². The van der Waals surface area contributed by atoms with Crippen molar-refractivity contribution in [2.45, 2.75) is 26.3 Å². The first kappa shape index (κ1) is 12.4. The van der Waals surface area contributed by atoms with Crippen LogP contribution < -0.4 is 5.32 Å². The van der Waals surface area contributed by atoms with E-state index < -0.39 is 5.97 Å². The predicted octanol–water partition coefficient (Wildman–Crippen LogP) is 0.722. The predicted molar refractivity (Wildman–Crippen MR) is 50.8 cm³/mol. The SMILES string of the molecule is CCNC(CC(=O)O)C(C)COC. The van der Waals surface area contributed by atoms with Crippen LogP contribution in [0.1, 0.15) is 20.3 Å². The van der Waals surface area contributed by atoms with E-state index in [0.29, 0.717) is 6.61 Å². The summed E-state index contributed by atoms with van der Waals surface area (Å²) < 4.78 is 4.98. The van der Waals surface area contributed by atoms with Gasteiger partial charge in [-0.15, -0.1) is 0 Å². The van der Waals surface area contributed by atoms with Crippen molar-refractivity contribution in [2.24, 2.45) is 5.92 Å². The molecular weight excluding hydrogens is 170 g/mol. The van der Waals surface area contributed by atoms with Gasteiger partial charge in [-0.25, -0.2) is 0 Å². The highest BCUT2D eigenvalue weighted by Crippen LogP contribution is 2.07. The molecule has 0 aromatic rings. The second-order valence-corrected chi connectivity index (χ2v) is 3.19. The third-order valence-electron chi connectivity index (χ3n) is 1.98. The van der Waals surface area contributed by atoms with Gasteiger partial charge in [-0.3, -0.25) is 4.79 Å². The summed E-state index contributed by atoms with van der Waals surface area (Å²) in [7, 11) is 1.63. The molecule has 2 atom stereocenters. The molecule has 0 aliphatic heterocycles. The van der Waals surface area contributed by atoms with Gasteiger partial charge < -0.3 is 15.2 Å². The van der Waals surface area contributed by atoms with Crippen molar-refractivity contribution in [1.82, 2.24) is 5.32 Å². The van der Waals surface area contributed by atoms with Crippen LogP contribution in [0.25, 0.3) is 0 Å². The lowest BCUT2D eigenvalue weighted by molar-refractivity contribution is -0.138. The molecule has 0 heterocycles. The molecular formula is C9H19NO3. The van der Waals surface area contributed by atoms with Crippen molar-refractivity contribution in [3.8, 4) is 0 Å². The van der Waals surface area contributed by atoms with Gasteiger partial charge >= 0.3 is 5.97 Å². The van der Waals surface area contributed by atoms with Gasteiger partial charge in [-0.05, 0) is 12.5 Å². The van der Waals surface area contributed by atoms with Gasteiger partial charge in [-0.2, -0.15) is 0 Å². The van der Waals surface area contributed by atoms with E-state index in [0.717, 1.165) is 6.54 Å². The number of rotatable bonds is 7. The highest BCUT2D eigenvalue weighted by molar-refractivity contribution is 5.67. The highest BCUT2D eigenvalue weighted by Gasteiger charge is 2.18. The zero-order chi connectivity index (χ0) is 10.3. The quantitative estimate of drug-likeness (QED) is 0.619. The zero-order valence-corrected chi connectivity index (χ0v) is 8.54. The fourth-order valence-electron chi connectivity index (χ4n) is 1.30. The number of carboxylic acid groups (broad SMARTS) is 1. The van der Waals surface area contributed by atoms with Crippen molar-refractivity contribution >= 4 is 5.97 Å². The first-order chi connectivity index (χ1) is 6.11. The molecule has 0 aliphatic carbocycles. The van der Waals surface area contributed by atoms with Crippen LogP contribution in [0.5, 0.6) is 0 Å². The summed E-state index contributed by atoms with van der Waals surface area (Å²) in [5.41, 5.74) is 0. The van der Waals surface area contributed by atoms with Crippen molar-refractivity contribution < 1.29 is 14.6 Å². The maximum Gasteiger partial charge on any atom is 0.304 e. The molecule has 2 unspecified atom stereocenters. The lowest BCUT2D eigenvalue weighted by atomic mass is 10.00. The normalized spacial score (nSPS) is 15.3. The standard InChI is InChI=1S/C9H19NO3/c1-4-10-8(5-9(11)12)7(2)6-13-3/h7-8,10H,4-6H2,1-3H3,(H,11,12). The molecule has 78 valence electrons. The van der Waals surface area contributed by atoms with E-state index in [1.807, 2.05) is 13.8 Å². The monoisotopic (exact) mass is 189 g/mol. The fraction of sp³-hybridized carbons (Fsp3) is 0.889. The molecule has 13 heavy (non-hydrogen) atoms. The lowest BCUT2D eigenvalue weighted by Gasteiger charge is -2.22. The lowest BCUT2D eigenvalue weighted by Crippen LogP contribution is -2.38. The number of carbonyl (C=O) groups is 1. The van der Waals surface area contributed by atoms with Crippen molar-refractivity contribution in [1.29, 1.82) is 0 Å². The van der Waals surface area contributed by atoms with Crippen LogP contribution in [0, 0.1) is 5.92 Å². The Morgan fingerprint density at radius 2 is 2.23 bits per heavy atom. The van der Waals surface area contributed by atoms with Gasteiger partial charge in [0, 0.05) is 13.2 Å². The third kappa shape index (κ3) is 5.60. The van der Waals surface area contributed by atoms with Crippen LogP contribution in [0.4, 0.5) is 0 Å². The molecule has 0 aliphatic rings. The van der Waals surface area contributed by atoms with Crippen LogP contribution in [-0.2, 0) is 9.53 Å². The molecule has 4 nitrogen and oxygen atoms in total. The van der Waals surface area contributed by atoms with Gasteiger partial charge in [0.15, 0.2) is 0 Å². The summed E-state index contributed by atoms with van der Waals surface area (Å²) in [6, 6.07) is 0.00227. The maximum absolute atomic E-state index is 10.5. The summed E-state index contributed by atoms with van der Waals surface area (Å²) >= 11 is 0. The Balaban J connectivity index is 3.97. The Morgan fingerprint density at radius 1 is 1.62 bits per heavy atom. The molecule has 2 N–H and O–H groups in total. The molecule has 0 radical (unpaired) electrons. The summed E-state index contributed by atoms with van der Waals surface area (Å²) in [5, 5.41) is 11.8. The molecule has 0 aromatic heterocycles. The number of aliphatic carboxylic acids is 1. The van der Waals surface area contributed by atoms with Gasteiger partial charge in [0.05, 0.1) is 13.0 Å². The Hall–Kier alpha value is -0.610. The molecule has 0 amide bonds. The van der Waals surface area contributed by atoms with E-state index in [1.165, 1.54) is 0 Å². The average molecular weight is 189 g/mol. The number of hydrogen-bond acceptors (Lipinski definition) is 3. The average Bonchev–Trinajstić information content (AvgIpc) is 2.03. The Bertz CT molecular complexity index is 150. The first-order valence-electron chi connectivity index (χ1n) is 4.55. The summed E-state index contributed by atoms with van der Waals surface area (Å²) in [6.45, 7) is 5.32. The van der Waals surface area contributed by atoms with Crippen LogP contribution >= 0.6 is 0 Å². The molecule has 4 heteroatoms. The maximum atomic E-state index is 10.5. The Labute approximate surface area is 79.3 Å². The summed E-state index contributed by atoms with van der Waals surface area (Å²) in [4.78, 5) is 10.5. The minimum atomic E-state index is -0.770. The number of hydrogen-bond donors (Lipinski definition) is 2. The molecule has 0 fully saturated rings. The molecule has 0 rings (SSSR count). The van der Waals surface area contributed by atoms with Crippen molar-refractivity contribution in [3.05, 3.63) is 0 Å². The third-order valence-corrected chi connectivity index (χ3v) is 1.98. The smallest absolute Gasteiger partial charge is 0.304 e. The molecule has 0 bridgehead atoms. The molecule has 0 saturated heterocycles. The zero-order valence-electron chi connectivity index (χ0n) is 8.54.